The highest BCUT2D eigenvalue weighted by atomic mass is 15.4. The van der Waals surface area contributed by atoms with Crippen LogP contribution in [-0.2, 0) is 0 Å². The second-order valence-corrected chi connectivity index (χ2v) is 10.8. The van der Waals surface area contributed by atoms with Crippen molar-refractivity contribution in [1.82, 2.24) is 23.9 Å². The maximum Gasteiger partial charge on any atom is 0.241 e. The predicted molar refractivity (Wildman–Crippen MR) is 175 cm³/mol. The Kier molecular flexibility index (Phi) is 5.13. The zero-order valence-electron chi connectivity index (χ0n) is 23.2. The van der Waals surface area contributed by atoms with Crippen LogP contribution >= 0.6 is 0 Å². The zero-order valence-corrected chi connectivity index (χ0v) is 23.2. The van der Waals surface area contributed by atoms with Crippen molar-refractivity contribution in [2.45, 2.75) is 0 Å². The van der Waals surface area contributed by atoms with Crippen molar-refractivity contribution in [3.63, 3.8) is 0 Å². The number of fused-ring (bicyclic) bond motifs is 7. The van der Waals surface area contributed by atoms with Crippen molar-refractivity contribution in [2.24, 2.45) is 0 Å². The molecular weight excluding hydrogens is 526 g/mol. The minimum absolute atomic E-state index is 0.753. The number of aromatic nitrogens is 5. The van der Waals surface area contributed by atoms with Crippen molar-refractivity contribution in [3.8, 4) is 28.7 Å². The molecule has 0 amide bonds. The molecule has 0 fully saturated rings. The highest BCUT2D eigenvalue weighted by Crippen LogP contribution is 2.40. The normalized spacial score (nSPS) is 11.7. The maximum absolute atomic E-state index is 4.92. The minimum atomic E-state index is 0.753. The summed E-state index contributed by atoms with van der Waals surface area (Å²) in [5, 5.41) is 15.7. The average Bonchev–Trinajstić information content (AvgIpc) is 3.80. The van der Waals surface area contributed by atoms with E-state index in [-0.39, 0.29) is 0 Å². The van der Waals surface area contributed by atoms with Gasteiger partial charge in [0.05, 0.1) is 22.2 Å². The van der Waals surface area contributed by atoms with Crippen LogP contribution in [0.4, 0.5) is 0 Å². The van der Waals surface area contributed by atoms with Crippen molar-refractivity contribution in [2.75, 3.05) is 0 Å². The van der Waals surface area contributed by atoms with Crippen LogP contribution < -0.4 is 0 Å². The molecule has 5 nitrogen and oxygen atoms in total. The van der Waals surface area contributed by atoms with E-state index in [9.17, 15) is 0 Å². The van der Waals surface area contributed by atoms with Crippen LogP contribution in [0.25, 0.3) is 72.2 Å². The Hall–Kier alpha value is -5.94. The van der Waals surface area contributed by atoms with Crippen LogP contribution in [-0.4, -0.2) is 23.9 Å². The predicted octanol–water partition coefficient (Wildman–Crippen LogP) is 9.13. The highest BCUT2D eigenvalue weighted by molar-refractivity contribution is 6.25. The molecule has 0 spiro atoms. The molecule has 9 rings (SSSR count). The van der Waals surface area contributed by atoms with Gasteiger partial charge in [-0.3, -0.25) is 9.13 Å². The van der Waals surface area contributed by atoms with Gasteiger partial charge >= 0.3 is 0 Å². The Morgan fingerprint density at radius 1 is 0.442 bits per heavy atom. The molecule has 0 saturated heterocycles. The number of benzene rings is 6. The van der Waals surface area contributed by atoms with Gasteiger partial charge in [-0.2, -0.15) is 0 Å². The minimum Gasteiger partial charge on any atom is -0.317 e. The van der Waals surface area contributed by atoms with Crippen molar-refractivity contribution < 1.29 is 0 Å². The van der Waals surface area contributed by atoms with E-state index in [2.05, 4.69) is 141 Å². The van der Waals surface area contributed by atoms with Crippen LogP contribution in [0.5, 0.6) is 0 Å². The molecule has 0 radical (unpaired) electrons. The van der Waals surface area contributed by atoms with Gasteiger partial charge in [-0.05, 0) is 47.9 Å². The summed E-state index contributed by atoms with van der Waals surface area (Å²) in [7, 11) is 0. The van der Waals surface area contributed by atoms with Gasteiger partial charge in [0.15, 0.2) is 5.82 Å². The number of hydrogen-bond donors (Lipinski definition) is 0. The smallest absolute Gasteiger partial charge is 0.241 e. The van der Waals surface area contributed by atoms with E-state index in [0.717, 1.165) is 45.3 Å². The van der Waals surface area contributed by atoms with Crippen LogP contribution in [0.3, 0.4) is 0 Å². The largest absolute Gasteiger partial charge is 0.317 e. The fourth-order valence-corrected chi connectivity index (χ4v) is 6.52. The Balaban J connectivity index is 1.44. The molecule has 0 atom stereocenters. The lowest BCUT2D eigenvalue weighted by molar-refractivity contribution is 0.935. The summed E-state index contributed by atoms with van der Waals surface area (Å²) in [4.78, 5) is 0. The summed E-state index contributed by atoms with van der Waals surface area (Å²) in [6.07, 6.45) is 2.17. The number of para-hydroxylation sites is 3. The molecule has 9 aromatic rings. The molecule has 3 aromatic heterocycles. The first-order valence-corrected chi connectivity index (χ1v) is 14.4. The molecule has 0 unspecified atom stereocenters. The van der Waals surface area contributed by atoms with E-state index in [4.69, 9.17) is 10.2 Å². The lowest BCUT2D eigenvalue weighted by atomic mass is 10.0. The molecular formula is C38H25N5. The third-order valence-corrected chi connectivity index (χ3v) is 8.41. The molecule has 202 valence electrons. The topological polar surface area (TPSA) is 40.6 Å². The molecule has 3 heterocycles. The third-order valence-electron chi connectivity index (χ3n) is 8.41. The van der Waals surface area contributed by atoms with Gasteiger partial charge in [-0.1, -0.05) is 103 Å². The Morgan fingerprint density at radius 3 is 1.91 bits per heavy atom. The van der Waals surface area contributed by atoms with Gasteiger partial charge in [0.2, 0.25) is 5.95 Å². The summed E-state index contributed by atoms with van der Waals surface area (Å²) in [5.41, 5.74) is 6.54. The molecule has 6 aromatic carbocycles. The van der Waals surface area contributed by atoms with Gasteiger partial charge in [-0.25, -0.2) is 0 Å². The van der Waals surface area contributed by atoms with E-state index in [1.54, 1.807) is 0 Å². The lowest BCUT2D eigenvalue weighted by Gasteiger charge is -2.14. The van der Waals surface area contributed by atoms with E-state index in [1.165, 1.54) is 26.9 Å². The van der Waals surface area contributed by atoms with Crippen LogP contribution in [0.2, 0.25) is 0 Å². The Bertz CT molecular complexity index is 2430. The van der Waals surface area contributed by atoms with Gasteiger partial charge < -0.3 is 4.57 Å². The first-order valence-electron chi connectivity index (χ1n) is 14.4. The second-order valence-electron chi connectivity index (χ2n) is 10.8. The fourth-order valence-electron chi connectivity index (χ4n) is 6.52. The van der Waals surface area contributed by atoms with Crippen LogP contribution in [0.1, 0.15) is 0 Å². The lowest BCUT2D eigenvalue weighted by Crippen LogP contribution is -2.07. The summed E-state index contributed by atoms with van der Waals surface area (Å²) < 4.78 is 6.74. The molecule has 0 saturated carbocycles. The summed E-state index contributed by atoms with van der Waals surface area (Å²) in [6, 6.07) is 51.0. The first-order chi connectivity index (χ1) is 21.4. The van der Waals surface area contributed by atoms with Crippen molar-refractivity contribution in [1.29, 1.82) is 0 Å². The van der Waals surface area contributed by atoms with Gasteiger partial charge in [0.1, 0.15) is 0 Å². The maximum atomic E-state index is 4.92. The molecule has 0 aliphatic carbocycles. The van der Waals surface area contributed by atoms with E-state index in [1.807, 2.05) is 24.3 Å². The third kappa shape index (κ3) is 3.52. The van der Waals surface area contributed by atoms with Crippen molar-refractivity contribution in [3.05, 3.63) is 152 Å². The zero-order chi connectivity index (χ0) is 28.3. The quantitative estimate of drug-likeness (QED) is 0.219. The molecule has 0 N–H and O–H groups in total. The van der Waals surface area contributed by atoms with Crippen molar-refractivity contribution >= 4 is 43.5 Å². The standard InChI is InChI=1S/C38H25N5/c1-4-12-27(13-5-1)37-39-40-38(42(37)29-16-8-3-9-17-29)43-34-19-11-10-18-30(34)31-22-20-26-21-23-33-32(35(26)36(31)43)24-25-41(33)28-14-6-2-7-15-28/h1-25H. The van der Waals surface area contributed by atoms with E-state index in [0.29, 0.717) is 0 Å². The van der Waals surface area contributed by atoms with Gasteiger partial charge in [0.25, 0.3) is 0 Å². The number of hydrogen-bond acceptors (Lipinski definition) is 2. The van der Waals surface area contributed by atoms with Gasteiger partial charge in [-0.15, -0.1) is 10.2 Å². The van der Waals surface area contributed by atoms with Crippen LogP contribution in [0.15, 0.2) is 152 Å². The SMILES string of the molecule is c1ccc(-c2nnc(-n3c4ccccc4c4ccc5ccc6c(ccn6-c6ccccc6)c5c43)n2-c2ccccc2)cc1. The van der Waals surface area contributed by atoms with Gasteiger partial charge in [0, 0.05) is 39.0 Å². The summed E-state index contributed by atoms with van der Waals surface area (Å²) >= 11 is 0. The monoisotopic (exact) mass is 551 g/mol. The molecule has 0 aliphatic heterocycles. The number of rotatable bonds is 4. The first kappa shape index (κ1) is 23.7. The van der Waals surface area contributed by atoms with E-state index >= 15 is 0 Å². The van der Waals surface area contributed by atoms with E-state index < -0.39 is 0 Å². The molecule has 5 heteroatoms. The summed E-state index contributed by atoms with van der Waals surface area (Å²) in [6.45, 7) is 0. The molecule has 43 heavy (non-hydrogen) atoms. The Labute approximate surface area is 247 Å². The number of nitrogens with zero attached hydrogens (tertiary/aromatic N) is 5. The van der Waals surface area contributed by atoms with Crippen LogP contribution in [0, 0.1) is 0 Å². The Morgan fingerprint density at radius 2 is 1.12 bits per heavy atom. The summed E-state index contributed by atoms with van der Waals surface area (Å²) in [5.74, 6) is 1.55. The fraction of sp³-hybridized carbons (Fsp3) is 0. The molecule has 0 bridgehead atoms. The second kappa shape index (κ2) is 9.29. The molecule has 0 aliphatic rings. The highest BCUT2D eigenvalue weighted by Gasteiger charge is 2.23. The average molecular weight is 552 g/mol.